The molecule has 0 spiro atoms. The second-order valence-corrected chi connectivity index (χ2v) is 14.1. The minimum absolute atomic E-state index is 0.110. The maximum Gasteiger partial charge on any atom is 0.262 e. The number of likely N-dealkylation sites (N-methyl/N-ethyl adjacent to an activating group) is 2. The van der Waals surface area contributed by atoms with Crippen LogP contribution in [0.25, 0.3) is 10.9 Å². The van der Waals surface area contributed by atoms with E-state index >= 15 is 0 Å². The molecule has 0 unspecified atom stereocenters. The van der Waals surface area contributed by atoms with Crippen molar-refractivity contribution in [3.8, 4) is 17.2 Å². The zero-order valence-corrected chi connectivity index (χ0v) is 30.1. The summed E-state index contributed by atoms with van der Waals surface area (Å²) in [4.78, 5) is 21.5. The molecule has 4 rings (SSSR count). The molecule has 0 radical (unpaired) electrons. The van der Waals surface area contributed by atoms with Crippen LogP contribution >= 0.6 is 11.8 Å². The minimum atomic E-state index is -0.110. The van der Waals surface area contributed by atoms with Crippen molar-refractivity contribution in [3.63, 3.8) is 0 Å². The Morgan fingerprint density at radius 2 is 1.39 bits per heavy atom. The van der Waals surface area contributed by atoms with Gasteiger partial charge in [-0.1, -0.05) is 70.4 Å². The number of aromatic nitrogens is 2. The third kappa shape index (κ3) is 8.84. The van der Waals surface area contributed by atoms with E-state index in [9.17, 15) is 4.79 Å². The maximum atomic E-state index is 14.1. The van der Waals surface area contributed by atoms with Gasteiger partial charge in [0.25, 0.3) is 5.56 Å². The van der Waals surface area contributed by atoms with Gasteiger partial charge in [-0.2, -0.15) is 0 Å². The highest BCUT2D eigenvalue weighted by Gasteiger charge is 2.23. The SMILES string of the molecule is COc1cc2c(=O)n(CCCN(C)CC[N+](C)(C)Cc3cc(C)cc(C)c3)c(SCc3cc(C)cc(C)c3)nc2c(OC)c1OC. The van der Waals surface area contributed by atoms with Gasteiger partial charge in [0.2, 0.25) is 5.75 Å². The molecule has 0 atom stereocenters. The molecule has 248 valence electrons. The number of ether oxygens (including phenoxy) is 3. The molecule has 0 aliphatic carbocycles. The Balaban J connectivity index is 1.54. The van der Waals surface area contributed by atoms with E-state index in [1.165, 1.54) is 33.4 Å². The summed E-state index contributed by atoms with van der Waals surface area (Å²) < 4.78 is 19.6. The molecular formula is C37H51N4O4S+. The predicted molar refractivity (Wildman–Crippen MR) is 190 cm³/mol. The summed E-state index contributed by atoms with van der Waals surface area (Å²) in [5, 5.41) is 1.11. The third-order valence-corrected chi connectivity index (χ3v) is 9.32. The monoisotopic (exact) mass is 647 g/mol. The molecule has 0 bridgehead atoms. The summed E-state index contributed by atoms with van der Waals surface area (Å²) in [5.74, 6) is 1.96. The Hall–Kier alpha value is -3.53. The third-order valence-electron chi connectivity index (χ3n) is 8.27. The van der Waals surface area contributed by atoms with Crippen LogP contribution in [-0.2, 0) is 18.8 Å². The largest absolute Gasteiger partial charge is 0.493 e. The maximum absolute atomic E-state index is 14.1. The van der Waals surface area contributed by atoms with Gasteiger partial charge in [-0.15, -0.1) is 0 Å². The highest BCUT2D eigenvalue weighted by atomic mass is 32.2. The van der Waals surface area contributed by atoms with E-state index in [-0.39, 0.29) is 5.56 Å². The van der Waals surface area contributed by atoms with Crippen LogP contribution in [-0.4, -0.2) is 81.0 Å². The average Bonchev–Trinajstić information content (AvgIpc) is 2.98. The highest BCUT2D eigenvalue weighted by Crippen LogP contribution is 2.42. The number of benzene rings is 3. The van der Waals surface area contributed by atoms with Crippen molar-refractivity contribution in [2.45, 2.75) is 58.1 Å². The molecule has 0 fully saturated rings. The fourth-order valence-corrected chi connectivity index (χ4v) is 7.14. The van der Waals surface area contributed by atoms with Crippen LogP contribution in [0.5, 0.6) is 17.2 Å². The lowest BCUT2D eigenvalue weighted by molar-refractivity contribution is -0.903. The number of methoxy groups -OCH3 is 3. The first-order valence-electron chi connectivity index (χ1n) is 15.8. The normalized spacial score (nSPS) is 11.8. The molecule has 0 aliphatic rings. The molecular weight excluding hydrogens is 596 g/mol. The van der Waals surface area contributed by atoms with Crippen LogP contribution in [0.2, 0.25) is 0 Å². The first-order valence-corrected chi connectivity index (χ1v) is 16.8. The van der Waals surface area contributed by atoms with E-state index in [4.69, 9.17) is 19.2 Å². The molecule has 4 aromatic rings. The van der Waals surface area contributed by atoms with Gasteiger partial charge in [-0.3, -0.25) is 9.36 Å². The summed E-state index contributed by atoms with van der Waals surface area (Å²) in [6.07, 6.45) is 0.815. The lowest BCUT2D eigenvalue weighted by Gasteiger charge is -2.32. The quantitative estimate of drug-likeness (QED) is 0.0824. The van der Waals surface area contributed by atoms with Crippen molar-refractivity contribution in [1.82, 2.24) is 14.5 Å². The molecule has 0 amide bonds. The number of nitrogens with zero attached hydrogens (tertiary/aromatic N) is 4. The minimum Gasteiger partial charge on any atom is -0.493 e. The van der Waals surface area contributed by atoms with Crippen LogP contribution in [0.1, 0.15) is 39.8 Å². The van der Waals surface area contributed by atoms with Gasteiger partial charge in [-0.25, -0.2) is 4.98 Å². The Bertz CT molecular complexity index is 1690. The van der Waals surface area contributed by atoms with Gasteiger partial charge >= 0.3 is 0 Å². The Morgan fingerprint density at radius 3 is 1.96 bits per heavy atom. The number of hydrogen-bond donors (Lipinski definition) is 0. The van der Waals surface area contributed by atoms with Crippen LogP contribution in [0, 0.1) is 27.7 Å². The molecule has 9 heteroatoms. The zero-order valence-electron chi connectivity index (χ0n) is 29.3. The van der Waals surface area contributed by atoms with Crippen LogP contribution in [0.3, 0.4) is 0 Å². The van der Waals surface area contributed by atoms with Crippen LogP contribution in [0.15, 0.2) is 52.4 Å². The van der Waals surface area contributed by atoms with Crippen molar-refractivity contribution in [1.29, 1.82) is 0 Å². The van der Waals surface area contributed by atoms with Gasteiger partial charge in [0.05, 0.1) is 47.4 Å². The van der Waals surface area contributed by atoms with Gasteiger partial charge < -0.3 is 23.6 Å². The molecule has 8 nitrogen and oxygen atoms in total. The highest BCUT2D eigenvalue weighted by molar-refractivity contribution is 7.98. The second-order valence-electron chi connectivity index (χ2n) is 13.1. The summed E-state index contributed by atoms with van der Waals surface area (Å²) in [7, 11) is 11.4. The van der Waals surface area contributed by atoms with Gasteiger partial charge in [0, 0.05) is 24.4 Å². The van der Waals surface area contributed by atoms with E-state index < -0.39 is 0 Å². The predicted octanol–water partition coefficient (Wildman–Crippen LogP) is 6.55. The van der Waals surface area contributed by atoms with E-state index in [0.29, 0.717) is 45.6 Å². The second kappa shape index (κ2) is 15.4. The standard InChI is InChI=1S/C37H51N4O4S/c1-25-16-26(2)19-29(18-25)23-41(6,7)15-14-39(5)12-11-13-40-36(42)31-22-32(43-8)34(44-9)35(45-10)33(31)38-37(40)46-24-30-20-27(3)17-28(4)21-30/h16-22H,11-15,23-24H2,1-10H3/q+1. The fraction of sp³-hybridized carbons (Fsp3) is 0.459. The van der Waals surface area contributed by atoms with Gasteiger partial charge in [-0.05, 0) is 59.3 Å². The zero-order chi connectivity index (χ0) is 33.6. The number of thioether (sulfide) groups is 1. The van der Waals surface area contributed by atoms with Gasteiger partial charge in [0.15, 0.2) is 16.7 Å². The van der Waals surface area contributed by atoms with Gasteiger partial charge in [0.1, 0.15) is 12.1 Å². The molecule has 0 N–H and O–H groups in total. The number of hydrogen-bond acceptors (Lipinski definition) is 7. The van der Waals surface area contributed by atoms with Crippen molar-refractivity contribution in [2.24, 2.45) is 0 Å². The number of rotatable bonds is 15. The molecule has 0 saturated heterocycles. The number of quaternary nitrogens is 1. The molecule has 1 aromatic heterocycles. The van der Waals surface area contributed by atoms with Crippen molar-refractivity contribution < 1.29 is 18.7 Å². The Kier molecular flexibility index (Phi) is 11.8. The topological polar surface area (TPSA) is 65.8 Å². The first-order chi connectivity index (χ1) is 21.8. The van der Waals surface area contributed by atoms with Crippen molar-refractivity contribution >= 4 is 22.7 Å². The van der Waals surface area contributed by atoms with E-state index in [1.54, 1.807) is 39.2 Å². The van der Waals surface area contributed by atoms with E-state index in [0.717, 1.165) is 37.1 Å². The lowest BCUT2D eigenvalue weighted by atomic mass is 10.1. The lowest BCUT2D eigenvalue weighted by Crippen LogP contribution is -2.44. The van der Waals surface area contributed by atoms with Crippen LogP contribution in [0.4, 0.5) is 0 Å². The van der Waals surface area contributed by atoms with Crippen molar-refractivity contribution in [2.75, 3.05) is 62.1 Å². The molecule has 1 heterocycles. The summed E-state index contributed by atoms with van der Waals surface area (Å²) in [5.41, 5.74) is 8.01. The summed E-state index contributed by atoms with van der Waals surface area (Å²) in [6.45, 7) is 12.9. The molecule has 0 aliphatic heterocycles. The summed E-state index contributed by atoms with van der Waals surface area (Å²) in [6, 6.07) is 15.1. The smallest absolute Gasteiger partial charge is 0.262 e. The molecule has 0 saturated carbocycles. The fourth-order valence-electron chi connectivity index (χ4n) is 6.20. The number of fused-ring (bicyclic) bond motifs is 1. The average molecular weight is 648 g/mol. The Labute approximate surface area is 278 Å². The summed E-state index contributed by atoms with van der Waals surface area (Å²) >= 11 is 1.57. The Morgan fingerprint density at radius 1 is 0.804 bits per heavy atom. The van der Waals surface area contributed by atoms with Crippen molar-refractivity contribution in [3.05, 3.63) is 86.2 Å². The first kappa shape index (κ1) is 35.3. The number of aryl methyl sites for hydroxylation is 4. The molecule has 46 heavy (non-hydrogen) atoms. The van der Waals surface area contributed by atoms with E-state index in [1.807, 2.05) is 4.57 Å². The van der Waals surface area contributed by atoms with E-state index in [2.05, 4.69) is 90.1 Å². The molecule has 3 aromatic carbocycles. The van der Waals surface area contributed by atoms with Crippen LogP contribution < -0.4 is 19.8 Å².